The van der Waals surface area contributed by atoms with Crippen LogP contribution in [0.2, 0.25) is 0 Å². The van der Waals surface area contributed by atoms with E-state index in [4.69, 9.17) is 5.73 Å². The van der Waals surface area contributed by atoms with Gasteiger partial charge in [0.25, 0.3) is 0 Å². The van der Waals surface area contributed by atoms with Crippen LogP contribution in [0.25, 0.3) is 0 Å². The Bertz CT molecular complexity index is 338. The second-order valence-corrected chi connectivity index (χ2v) is 3.94. The van der Waals surface area contributed by atoms with Crippen molar-refractivity contribution < 1.29 is 0 Å². The van der Waals surface area contributed by atoms with Crippen LogP contribution in [0.3, 0.4) is 0 Å². The lowest BCUT2D eigenvalue weighted by Gasteiger charge is -2.06. The molecule has 1 heterocycles. The largest absolute Gasteiger partial charge is 0.384 e. The van der Waals surface area contributed by atoms with Crippen LogP contribution in [0.15, 0.2) is 17.1 Å². The molecule has 1 aromatic rings. The van der Waals surface area contributed by atoms with Crippen LogP contribution in [-0.4, -0.2) is 16.5 Å². The number of anilines is 2. The van der Waals surface area contributed by atoms with Crippen molar-refractivity contribution in [2.24, 2.45) is 0 Å². The summed E-state index contributed by atoms with van der Waals surface area (Å²) in [5.41, 5.74) is 5.62. The predicted octanol–water partition coefficient (Wildman–Crippen LogP) is 1.94. The van der Waals surface area contributed by atoms with Crippen LogP contribution in [-0.2, 0) is 6.42 Å². The van der Waals surface area contributed by atoms with Crippen molar-refractivity contribution in [2.45, 2.75) is 13.3 Å². The molecular weight excluding hydrogens is 244 g/mol. The third-order valence-electron chi connectivity index (χ3n) is 1.57. The van der Waals surface area contributed by atoms with Gasteiger partial charge in [-0.05, 0) is 0 Å². The van der Waals surface area contributed by atoms with Crippen LogP contribution in [0, 0.1) is 0 Å². The molecule has 0 fully saturated rings. The van der Waals surface area contributed by atoms with Gasteiger partial charge in [0, 0.05) is 23.5 Å². The molecule has 14 heavy (non-hydrogen) atoms. The van der Waals surface area contributed by atoms with Crippen LogP contribution < -0.4 is 11.1 Å². The summed E-state index contributed by atoms with van der Waals surface area (Å²) in [5, 5.41) is 3.08. The minimum atomic E-state index is 0.486. The molecule has 1 rings (SSSR count). The second kappa shape index (κ2) is 4.95. The van der Waals surface area contributed by atoms with Gasteiger partial charge >= 0.3 is 0 Å². The number of nitrogens with two attached hydrogens (primary N) is 1. The first kappa shape index (κ1) is 11.0. The summed E-state index contributed by atoms with van der Waals surface area (Å²) in [7, 11) is 0. The van der Waals surface area contributed by atoms with Gasteiger partial charge in [0.15, 0.2) is 0 Å². The average Bonchev–Trinajstić information content (AvgIpc) is 2.14. The first-order chi connectivity index (χ1) is 6.61. The first-order valence-electron chi connectivity index (χ1n) is 4.32. The Labute approximate surface area is 91.8 Å². The molecule has 0 bridgehead atoms. The Morgan fingerprint density at radius 3 is 2.93 bits per heavy atom. The zero-order valence-corrected chi connectivity index (χ0v) is 9.63. The lowest BCUT2D eigenvalue weighted by Crippen LogP contribution is -2.07. The lowest BCUT2D eigenvalue weighted by atomic mass is 10.4. The topological polar surface area (TPSA) is 63.8 Å². The zero-order valence-electron chi connectivity index (χ0n) is 8.05. The molecule has 0 amide bonds. The maximum absolute atomic E-state index is 5.62. The maximum Gasteiger partial charge on any atom is 0.132 e. The Morgan fingerprint density at radius 1 is 1.64 bits per heavy atom. The third kappa shape index (κ3) is 3.33. The van der Waals surface area contributed by atoms with E-state index in [1.807, 2.05) is 6.92 Å². The van der Waals surface area contributed by atoms with Crippen LogP contribution >= 0.6 is 15.9 Å². The fourth-order valence-corrected chi connectivity index (χ4v) is 1.09. The summed E-state index contributed by atoms with van der Waals surface area (Å²) in [5.74, 6) is 1.96. The van der Waals surface area contributed by atoms with Crippen molar-refractivity contribution in [2.75, 3.05) is 17.6 Å². The van der Waals surface area contributed by atoms with Gasteiger partial charge in [-0.2, -0.15) is 0 Å². The predicted molar refractivity (Wildman–Crippen MR) is 62.4 cm³/mol. The van der Waals surface area contributed by atoms with E-state index in [0.29, 0.717) is 12.4 Å². The number of aryl methyl sites for hydroxylation is 1. The van der Waals surface area contributed by atoms with Gasteiger partial charge in [0.2, 0.25) is 0 Å². The molecule has 0 atom stereocenters. The SMILES string of the molecule is C=C(Br)CNc1cc(N)nc(CC)n1. The number of hydrogen-bond acceptors (Lipinski definition) is 4. The minimum absolute atomic E-state index is 0.486. The van der Waals surface area contributed by atoms with Gasteiger partial charge in [-0.25, -0.2) is 9.97 Å². The van der Waals surface area contributed by atoms with Gasteiger partial charge in [-0.1, -0.05) is 29.4 Å². The lowest BCUT2D eigenvalue weighted by molar-refractivity contribution is 0.944. The zero-order chi connectivity index (χ0) is 10.6. The van der Waals surface area contributed by atoms with Gasteiger partial charge in [-0.3, -0.25) is 0 Å². The maximum atomic E-state index is 5.62. The van der Waals surface area contributed by atoms with Gasteiger partial charge in [0.1, 0.15) is 17.5 Å². The molecule has 0 radical (unpaired) electrons. The normalized spacial score (nSPS) is 9.86. The van der Waals surface area contributed by atoms with Crippen molar-refractivity contribution in [3.8, 4) is 0 Å². The molecule has 76 valence electrons. The third-order valence-corrected chi connectivity index (χ3v) is 1.85. The summed E-state index contributed by atoms with van der Waals surface area (Å²) in [4.78, 5) is 8.33. The molecule has 0 aliphatic carbocycles. The Hall–Kier alpha value is -1.10. The van der Waals surface area contributed by atoms with E-state index in [2.05, 4.69) is 37.8 Å². The highest BCUT2D eigenvalue weighted by atomic mass is 79.9. The fourth-order valence-electron chi connectivity index (χ4n) is 0.953. The number of nitrogens with one attached hydrogen (secondary N) is 1. The van der Waals surface area contributed by atoms with E-state index in [1.165, 1.54) is 0 Å². The molecule has 0 aliphatic heterocycles. The van der Waals surface area contributed by atoms with E-state index in [0.717, 1.165) is 22.5 Å². The van der Waals surface area contributed by atoms with E-state index >= 15 is 0 Å². The van der Waals surface area contributed by atoms with E-state index in [9.17, 15) is 0 Å². The molecule has 0 spiro atoms. The number of rotatable bonds is 4. The Morgan fingerprint density at radius 2 is 2.36 bits per heavy atom. The summed E-state index contributed by atoms with van der Waals surface area (Å²) in [6.45, 7) is 6.33. The van der Waals surface area contributed by atoms with E-state index in [1.54, 1.807) is 6.07 Å². The van der Waals surface area contributed by atoms with E-state index in [-0.39, 0.29) is 0 Å². The number of nitrogen functional groups attached to an aromatic ring is 1. The molecule has 3 N–H and O–H groups in total. The molecule has 1 aromatic heterocycles. The van der Waals surface area contributed by atoms with Gasteiger partial charge < -0.3 is 11.1 Å². The van der Waals surface area contributed by atoms with Crippen molar-refractivity contribution >= 4 is 27.6 Å². The van der Waals surface area contributed by atoms with E-state index < -0.39 is 0 Å². The Balaban J connectivity index is 2.76. The number of nitrogens with zero attached hydrogens (tertiary/aromatic N) is 2. The highest BCUT2D eigenvalue weighted by molar-refractivity contribution is 9.11. The van der Waals surface area contributed by atoms with Crippen molar-refractivity contribution in [1.29, 1.82) is 0 Å². The van der Waals surface area contributed by atoms with Gasteiger partial charge in [-0.15, -0.1) is 0 Å². The average molecular weight is 257 g/mol. The molecule has 0 unspecified atom stereocenters. The summed E-state index contributed by atoms with van der Waals surface area (Å²) in [6, 6.07) is 1.70. The molecule has 5 heteroatoms. The molecule has 0 aromatic carbocycles. The molecular formula is C9H13BrN4. The Kier molecular flexibility index (Phi) is 3.88. The van der Waals surface area contributed by atoms with Crippen LogP contribution in [0.1, 0.15) is 12.7 Å². The minimum Gasteiger partial charge on any atom is -0.384 e. The highest BCUT2D eigenvalue weighted by Gasteiger charge is 2.00. The molecule has 0 saturated heterocycles. The highest BCUT2D eigenvalue weighted by Crippen LogP contribution is 2.10. The smallest absolute Gasteiger partial charge is 0.132 e. The molecule has 0 aliphatic rings. The fraction of sp³-hybridized carbons (Fsp3) is 0.333. The standard InChI is InChI=1S/C9H13BrN4/c1-3-8-13-7(11)4-9(14-8)12-5-6(2)10/h4H,2-3,5H2,1H3,(H3,11,12,13,14). The summed E-state index contributed by atoms with van der Waals surface area (Å²) >= 11 is 3.25. The summed E-state index contributed by atoms with van der Waals surface area (Å²) in [6.07, 6.45) is 0.773. The second-order valence-electron chi connectivity index (χ2n) is 2.82. The first-order valence-corrected chi connectivity index (χ1v) is 5.11. The van der Waals surface area contributed by atoms with Crippen molar-refractivity contribution in [3.63, 3.8) is 0 Å². The summed E-state index contributed by atoms with van der Waals surface area (Å²) < 4.78 is 0.868. The number of hydrogen-bond donors (Lipinski definition) is 2. The van der Waals surface area contributed by atoms with Crippen LogP contribution in [0.5, 0.6) is 0 Å². The monoisotopic (exact) mass is 256 g/mol. The molecule has 0 saturated carbocycles. The number of halogens is 1. The van der Waals surface area contributed by atoms with Crippen molar-refractivity contribution in [1.82, 2.24) is 9.97 Å². The van der Waals surface area contributed by atoms with Gasteiger partial charge in [0.05, 0.1) is 0 Å². The quantitative estimate of drug-likeness (QED) is 0.865. The van der Waals surface area contributed by atoms with Crippen LogP contribution in [0.4, 0.5) is 11.6 Å². The molecule has 4 nitrogen and oxygen atoms in total. The van der Waals surface area contributed by atoms with Crippen molar-refractivity contribution in [3.05, 3.63) is 23.0 Å². The number of aromatic nitrogens is 2.